The molecule has 0 amide bonds. The molecule has 3 fully saturated rings. The predicted octanol–water partition coefficient (Wildman–Crippen LogP) is -2.20. The summed E-state index contributed by atoms with van der Waals surface area (Å²) in [6.07, 6.45) is 0. The molecule has 3 heterocycles. The van der Waals surface area contributed by atoms with E-state index in [4.69, 9.17) is 10.7 Å². The van der Waals surface area contributed by atoms with Crippen molar-refractivity contribution >= 4 is 23.8 Å². The van der Waals surface area contributed by atoms with Gasteiger partial charge in [-0.1, -0.05) is 0 Å². The molecule has 0 aliphatic carbocycles. The fourth-order valence-electron chi connectivity index (χ4n) is 0.235. The minimum atomic E-state index is -1.30. The summed E-state index contributed by atoms with van der Waals surface area (Å²) in [7, 11) is -0.712. The molecular formula is H6AlO6P. The first-order valence-electron chi connectivity index (χ1n) is 1.25. The highest BCUT2D eigenvalue weighted by atomic mass is 31.2. The van der Waals surface area contributed by atoms with E-state index in [9.17, 15) is 0 Å². The van der Waals surface area contributed by atoms with Crippen molar-refractivity contribution in [2.24, 2.45) is 0 Å². The molecule has 8 heavy (non-hydrogen) atoms. The van der Waals surface area contributed by atoms with E-state index >= 15 is 0 Å². The first-order chi connectivity index (χ1) is 2.45. The zero-order valence-corrected chi connectivity index (χ0v) is 5.80. The largest absolute Gasteiger partial charge is 0.924 e. The first-order valence-corrected chi connectivity index (χ1v) is 3.76. The van der Waals surface area contributed by atoms with Crippen LogP contribution in [0.1, 0.15) is 0 Å². The van der Waals surface area contributed by atoms with E-state index in [1.165, 1.54) is 0 Å². The molecule has 3 saturated heterocycles. The van der Waals surface area contributed by atoms with Crippen LogP contribution in [0.4, 0.5) is 0 Å². The van der Waals surface area contributed by atoms with Crippen LogP contribution in [0.25, 0.3) is 0 Å². The predicted molar refractivity (Wildman–Crippen MR) is 26.8 cm³/mol. The molecule has 6 nitrogen and oxygen atoms in total. The van der Waals surface area contributed by atoms with Crippen LogP contribution in [0.15, 0.2) is 0 Å². The van der Waals surface area contributed by atoms with Gasteiger partial charge in [-0.3, -0.25) is 0 Å². The minimum Gasteiger partial charge on any atom is -0.412 e. The average Bonchev–Trinajstić information content (AvgIpc) is 0.592. The van der Waals surface area contributed by atoms with E-state index in [-0.39, 0.29) is 16.4 Å². The Morgan fingerprint density at radius 2 is 1.00 bits per heavy atom. The van der Waals surface area contributed by atoms with E-state index in [1.54, 1.807) is 0 Å². The molecule has 50 valence electrons. The summed E-state index contributed by atoms with van der Waals surface area (Å²) >= 11 is -1.30. The lowest BCUT2D eigenvalue weighted by atomic mass is 15.5. The summed E-state index contributed by atoms with van der Waals surface area (Å²) in [5.41, 5.74) is 0. The van der Waals surface area contributed by atoms with Crippen molar-refractivity contribution in [3.8, 4) is 0 Å². The van der Waals surface area contributed by atoms with Crippen molar-refractivity contribution in [1.29, 1.82) is 0 Å². The van der Waals surface area contributed by atoms with Crippen LogP contribution in [0.5, 0.6) is 0 Å². The van der Waals surface area contributed by atoms with Crippen molar-refractivity contribution in [3.63, 3.8) is 0 Å². The number of hydrogen-bond acceptors (Lipinski definition) is 3. The average molecular weight is 160 g/mol. The van der Waals surface area contributed by atoms with Crippen LogP contribution in [0, 0.1) is 0 Å². The highest BCUT2D eigenvalue weighted by Gasteiger charge is 2.63. The van der Waals surface area contributed by atoms with E-state index in [0.29, 0.717) is 0 Å². The van der Waals surface area contributed by atoms with E-state index in [2.05, 4.69) is 0 Å². The van der Waals surface area contributed by atoms with Gasteiger partial charge in [0, 0.05) is 0 Å². The van der Waals surface area contributed by atoms with Gasteiger partial charge in [0.15, 0.2) is 0 Å². The van der Waals surface area contributed by atoms with Gasteiger partial charge in [-0.05, 0) is 0 Å². The molecule has 0 atom stereocenters. The summed E-state index contributed by atoms with van der Waals surface area (Å²) < 4.78 is 14.4. The monoisotopic (exact) mass is 160 g/mol. The Balaban J connectivity index is 0. The van der Waals surface area contributed by atoms with E-state index < -0.39 is 23.8 Å². The molecule has 6 N–H and O–H groups in total. The summed E-state index contributed by atoms with van der Waals surface area (Å²) in [4.78, 5) is 0. The molecule has 0 radical (unpaired) electrons. The number of hydrogen-bond donors (Lipinski definition) is 0. The molecule has 0 aromatic carbocycles. The molecule has 0 aromatic rings. The Labute approximate surface area is 51.7 Å². The maximum Gasteiger partial charge on any atom is 0.924 e. The van der Waals surface area contributed by atoms with E-state index in [1.807, 2.05) is 0 Å². The topological polar surface area (TPSA) is 122 Å². The molecule has 0 aromatic heterocycles. The Kier molecular flexibility index (Phi) is 5.31. The van der Waals surface area contributed by atoms with Crippen molar-refractivity contribution in [2.75, 3.05) is 0 Å². The lowest BCUT2D eigenvalue weighted by molar-refractivity contribution is 0.114. The third-order valence-corrected chi connectivity index (χ3v) is 4.65. The van der Waals surface area contributed by atoms with Crippen LogP contribution in [-0.2, 0) is 10.7 Å². The molecule has 2 bridgehead atoms. The second kappa shape index (κ2) is 3.69. The Morgan fingerprint density at radius 1 is 0.875 bits per heavy atom. The van der Waals surface area contributed by atoms with Crippen LogP contribution in [0.2, 0.25) is 0 Å². The summed E-state index contributed by atoms with van der Waals surface area (Å²) in [5, 5.41) is 0. The fraction of sp³-hybridized carbons (Fsp3) is 0. The zero-order valence-electron chi connectivity index (χ0n) is 3.75. The van der Waals surface area contributed by atoms with Crippen LogP contribution < -0.4 is 0 Å². The van der Waals surface area contributed by atoms with Crippen LogP contribution in [-0.4, -0.2) is 31.6 Å². The van der Waals surface area contributed by atoms with Crippen LogP contribution >= 0.6 is 8.60 Å². The smallest absolute Gasteiger partial charge is 0.412 e. The molecule has 0 spiro atoms. The molecule has 3 rings (SSSR count). The fourth-order valence-corrected chi connectivity index (χ4v) is 2.11. The second-order valence-electron chi connectivity index (χ2n) is 0.829. The van der Waals surface area contributed by atoms with Gasteiger partial charge in [0.1, 0.15) is 0 Å². The normalized spacial score (nSPS) is 20.2. The van der Waals surface area contributed by atoms with Gasteiger partial charge >= 0.3 is 15.1 Å². The van der Waals surface area contributed by atoms with Gasteiger partial charge in [0.05, 0.1) is 0 Å². The number of rotatable bonds is 0. The Morgan fingerprint density at radius 3 is 1.00 bits per heavy atom. The van der Waals surface area contributed by atoms with Gasteiger partial charge in [-0.15, -0.1) is 0 Å². The maximum absolute atomic E-state index is 4.79. The Bertz CT molecular complexity index is 45.3. The van der Waals surface area contributed by atoms with Crippen molar-refractivity contribution in [2.45, 2.75) is 0 Å². The van der Waals surface area contributed by atoms with Gasteiger partial charge in [-0.25, -0.2) is 0 Å². The summed E-state index contributed by atoms with van der Waals surface area (Å²) in [6, 6.07) is 0. The minimum absolute atomic E-state index is 0. The van der Waals surface area contributed by atoms with E-state index in [0.717, 1.165) is 0 Å². The summed E-state index contributed by atoms with van der Waals surface area (Å²) in [6.45, 7) is 0. The van der Waals surface area contributed by atoms with Crippen molar-refractivity contribution in [1.82, 2.24) is 0 Å². The third-order valence-electron chi connectivity index (χ3n) is 0.516. The van der Waals surface area contributed by atoms with Gasteiger partial charge in [0.25, 0.3) is 8.60 Å². The van der Waals surface area contributed by atoms with Gasteiger partial charge in [0.2, 0.25) is 0 Å². The molecule has 0 saturated carbocycles. The first kappa shape index (κ1) is 11.5. The lowest BCUT2D eigenvalue weighted by Gasteiger charge is -2.41. The lowest BCUT2D eigenvalue weighted by Crippen LogP contribution is -2.44. The quantitative estimate of drug-likeness (QED) is 0.295. The molecule has 8 heteroatoms. The van der Waals surface area contributed by atoms with Gasteiger partial charge < -0.3 is 27.2 Å². The van der Waals surface area contributed by atoms with Crippen molar-refractivity contribution < 1.29 is 27.2 Å². The molecule has 0 unspecified atom stereocenters. The second-order valence-corrected chi connectivity index (χ2v) is 4.38. The SMILES string of the molecule is O.O.O.[O]1[Al]2[O]P1[O]2. The zero-order chi connectivity index (χ0) is 3.28. The molecular weight excluding hydrogens is 154 g/mol. The standard InChI is InChI=1S/Al.O3P.3H2O/c;1-4(2)3;;;/h;;3*1H2/q+3;-3;;;. The van der Waals surface area contributed by atoms with Crippen LogP contribution in [0.3, 0.4) is 0 Å². The maximum atomic E-state index is 4.79. The van der Waals surface area contributed by atoms with Crippen molar-refractivity contribution in [3.05, 3.63) is 0 Å². The summed E-state index contributed by atoms with van der Waals surface area (Å²) in [5.74, 6) is 0. The van der Waals surface area contributed by atoms with Gasteiger partial charge in [-0.2, -0.15) is 0 Å². The molecule has 3 aliphatic heterocycles. The Hall–Kier alpha value is 0.722. The highest BCUT2D eigenvalue weighted by molar-refractivity contribution is 7.55. The third kappa shape index (κ3) is 1.36. The molecule has 3 aliphatic rings. The highest BCUT2D eigenvalue weighted by Crippen LogP contribution is 2.63.